The van der Waals surface area contributed by atoms with Crippen LogP contribution in [0, 0.1) is 0 Å². The molecule has 2 rings (SSSR count). The second kappa shape index (κ2) is 3.72. The lowest BCUT2D eigenvalue weighted by molar-refractivity contribution is -0.137. The highest BCUT2D eigenvalue weighted by atomic mass is 32.2. The predicted molar refractivity (Wildman–Crippen MR) is 58.6 cm³/mol. The average Bonchev–Trinajstić information content (AvgIpc) is 2.54. The number of thioether (sulfide) groups is 1. The summed E-state index contributed by atoms with van der Waals surface area (Å²) < 4.78 is 39.4. The Morgan fingerprint density at radius 3 is 2.47 bits per heavy atom. The summed E-state index contributed by atoms with van der Waals surface area (Å²) in [6, 6.07) is 6.63. The Morgan fingerprint density at radius 1 is 1.20 bits per heavy atom. The third-order valence-electron chi connectivity index (χ3n) is 2.03. The van der Waals surface area contributed by atoms with E-state index in [0.717, 1.165) is 11.8 Å². The van der Waals surface area contributed by atoms with Gasteiger partial charge in [0.15, 0.2) is 0 Å². The molecule has 0 saturated heterocycles. The minimum atomic E-state index is -4.27. The standard InChI is InChI=1S/C10H7F3S2/c1-14-9-8(10(11,12)13)6-4-2-3-5-7(6)15-9/h2-5H,1H3. The molecule has 0 aliphatic carbocycles. The van der Waals surface area contributed by atoms with Gasteiger partial charge in [-0.3, -0.25) is 0 Å². The van der Waals surface area contributed by atoms with Crippen LogP contribution in [0.1, 0.15) is 5.56 Å². The van der Waals surface area contributed by atoms with E-state index in [0.29, 0.717) is 14.3 Å². The first-order valence-corrected chi connectivity index (χ1v) is 6.21. The highest BCUT2D eigenvalue weighted by molar-refractivity contribution is 8.00. The molecular formula is C10H7F3S2. The zero-order valence-electron chi connectivity index (χ0n) is 7.76. The van der Waals surface area contributed by atoms with E-state index in [4.69, 9.17) is 0 Å². The molecule has 1 aromatic heterocycles. The highest BCUT2D eigenvalue weighted by Crippen LogP contribution is 2.45. The first-order valence-electron chi connectivity index (χ1n) is 4.16. The Bertz CT molecular complexity index is 485. The normalized spacial score (nSPS) is 12.3. The molecule has 0 aliphatic heterocycles. The van der Waals surface area contributed by atoms with Crippen molar-refractivity contribution in [1.82, 2.24) is 0 Å². The highest BCUT2D eigenvalue weighted by Gasteiger charge is 2.36. The van der Waals surface area contributed by atoms with Crippen LogP contribution in [0.15, 0.2) is 28.5 Å². The number of halogens is 3. The summed E-state index contributed by atoms with van der Waals surface area (Å²) >= 11 is 2.34. The molecule has 0 nitrogen and oxygen atoms in total. The van der Waals surface area contributed by atoms with Gasteiger partial charge in [-0.15, -0.1) is 23.1 Å². The van der Waals surface area contributed by atoms with Crippen molar-refractivity contribution in [2.75, 3.05) is 6.26 Å². The van der Waals surface area contributed by atoms with Crippen molar-refractivity contribution in [3.8, 4) is 0 Å². The Morgan fingerprint density at radius 2 is 1.87 bits per heavy atom. The Hall–Kier alpha value is -0.680. The second-order valence-electron chi connectivity index (χ2n) is 2.96. The fourth-order valence-corrected chi connectivity index (χ4v) is 3.42. The maximum absolute atomic E-state index is 12.8. The van der Waals surface area contributed by atoms with E-state index >= 15 is 0 Å². The van der Waals surface area contributed by atoms with Gasteiger partial charge in [-0.1, -0.05) is 18.2 Å². The Balaban J connectivity index is 2.79. The van der Waals surface area contributed by atoms with Crippen LogP contribution in [0.3, 0.4) is 0 Å². The average molecular weight is 248 g/mol. The lowest BCUT2D eigenvalue weighted by atomic mass is 10.2. The van der Waals surface area contributed by atoms with Crippen LogP contribution in [-0.4, -0.2) is 6.26 Å². The Labute approximate surface area is 93.1 Å². The van der Waals surface area contributed by atoms with Crippen LogP contribution in [0.2, 0.25) is 0 Å². The third kappa shape index (κ3) is 1.86. The van der Waals surface area contributed by atoms with E-state index in [1.807, 2.05) is 0 Å². The molecule has 2 aromatic rings. The number of hydrogen-bond donors (Lipinski definition) is 0. The lowest BCUT2D eigenvalue weighted by Gasteiger charge is -2.06. The zero-order chi connectivity index (χ0) is 11.1. The molecule has 0 saturated carbocycles. The van der Waals surface area contributed by atoms with Gasteiger partial charge >= 0.3 is 6.18 Å². The lowest BCUT2D eigenvalue weighted by Crippen LogP contribution is -2.04. The van der Waals surface area contributed by atoms with Gasteiger partial charge in [0.1, 0.15) is 0 Å². The molecule has 1 heterocycles. The van der Waals surface area contributed by atoms with Crippen molar-refractivity contribution in [3.05, 3.63) is 29.8 Å². The van der Waals surface area contributed by atoms with Crippen molar-refractivity contribution in [1.29, 1.82) is 0 Å². The summed E-state index contributed by atoms with van der Waals surface area (Å²) in [5.41, 5.74) is -0.490. The van der Waals surface area contributed by atoms with Gasteiger partial charge in [-0.05, 0) is 12.3 Å². The summed E-state index contributed by atoms with van der Waals surface area (Å²) in [5, 5.41) is 0.305. The number of fused-ring (bicyclic) bond motifs is 1. The molecule has 1 aromatic carbocycles. The molecule has 0 spiro atoms. The van der Waals surface area contributed by atoms with Crippen molar-refractivity contribution in [2.24, 2.45) is 0 Å². The number of rotatable bonds is 1. The molecule has 0 radical (unpaired) electrons. The van der Waals surface area contributed by atoms with Gasteiger partial charge < -0.3 is 0 Å². The van der Waals surface area contributed by atoms with Crippen LogP contribution in [0.25, 0.3) is 10.1 Å². The molecule has 5 heteroatoms. The molecule has 80 valence electrons. The summed E-state index contributed by atoms with van der Waals surface area (Å²) in [7, 11) is 0. The summed E-state index contributed by atoms with van der Waals surface area (Å²) in [4.78, 5) is 0. The van der Waals surface area contributed by atoms with E-state index in [1.54, 1.807) is 24.5 Å². The van der Waals surface area contributed by atoms with E-state index in [-0.39, 0.29) is 0 Å². The molecule has 0 atom stereocenters. The third-order valence-corrected chi connectivity index (χ3v) is 4.32. The SMILES string of the molecule is CSc1sc2ccccc2c1C(F)(F)F. The first kappa shape index (κ1) is 10.8. The van der Waals surface area contributed by atoms with Crippen molar-refractivity contribution in [2.45, 2.75) is 10.4 Å². The van der Waals surface area contributed by atoms with Crippen LogP contribution < -0.4 is 0 Å². The summed E-state index contributed by atoms with van der Waals surface area (Å²) in [6.07, 6.45) is -2.60. The molecular weight excluding hydrogens is 241 g/mol. The summed E-state index contributed by atoms with van der Waals surface area (Å²) in [6.45, 7) is 0. The van der Waals surface area contributed by atoms with Crippen LogP contribution >= 0.6 is 23.1 Å². The van der Waals surface area contributed by atoms with Gasteiger partial charge in [0.25, 0.3) is 0 Å². The molecule has 0 N–H and O–H groups in total. The number of alkyl halides is 3. The van der Waals surface area contributed by atoms with Crippen molar-refractivity contribution in [3.63, 3.8) is 0 Å². The fourth-order valence-electron chi connectivity index (χ4n) is 1.44. The minimum Gasteiger partial charge on any atom is -0.166 e. The van der Waals surface area contributed by atoms with Crippen LogP contribution in [0.4, 0.5) is 13.2 Å². The van der Waals surface area contributed by atoms with E-state index in [1.165, 1.54) is 17.4 Å². The fraction of sp³-hybridized carbons (Fsp3) is 0.200. The van der Waals surface area contributed by atoms with E-state index < -0.39 is 11.7 Å². The number of benzene rings is 1. The predicted octanol–water partition coefficient (Wildman–Crippen LogP) is 4.64. The van der Waals surface area contributed by atoms with Crippen LogP contribution in [-0.2, 0) is 6.18 Å². The van der Waals surface area contributed by atoms with Gasteiger partial charge in [0.05, 0.1) is 9.77 Å². The molecule has 0 aliphatic rings. The molecule has 0 amide bonds. The van der Waals surface area contributed by atoms with Gasteiger partial charge in [-0.25, -0.2) is 0 Å². The molecule has 0 unspecified atom stereocenters. The van der Waals surface area contributed by atoms with E-state index in [2.05, 4.69) is 0 Å². The number of hydrogen-bond acceptors (Lipinski definition) is 2. The Kier molecular flexibility index (Phi) is 2.68. The van der Waals surface area contributed by atoms with Crippen LogP contribution in [0.5, 0.6) is 0 Å². The summed E-state index contributed by atoms with van der Waals surface area (Å²) in [5.74, 6) is 0. The molecule has 15 heavy (non-hydrogen) atoms. The first-order chi connectivity index (χ1) is 7.04. The zero-order valence-corrected chi connectivity index (χ0v) is 9.39. The second-order valence-corrected chi connectivity index (χ2v) is 5.09. The maximum Gasteiger partial charge on any atom is 0.418 e. The van der Waals surface area contributed by atoms with Crippen molar-refractivity contribution < 1.29 is 13.2 Å². The van der Waals surface area contributed by atoms with E-state index in [9.17, 15) is 13.2 Å². The molecule has 0 bridgehead atoms. The quantitative estimate of drug-likeness (QED) is 0.662. The van der Waals surface area contributed by atoms with Gasteiger partial charge in [-0.2, -0.15) is 13.2 Å². The minimum absolute atomic E-state index is 0.305. The monoisotopic (exact) mass is 248 g/mol. The van der Waals surface area contributed by atoms with Crippen molar-refractivity contribution >= 4 is 33.2 Å². The largest absolute Gasteiger partial charge is 0.418 e. The topological polar surface area (TPSA) is 0 Å². The molecule has 0 fully saturated rings. The smallest absolute Gasteiger partial charge is 0.166 e. The number of thiophene rings is 1. The maximum atomic E-state index is 12.8. The van der Waals surface area contributed by atoms with Gasteiger partial charge in [0.2, 0.25) is 0 Å². The van der Waals surface area contributed by atoms with Gasteiger partial charge in [0, 0.05) is 10.1 Å².